The number of carbonyl (C=O) groups is 2. The molecule has 1 fully saturated rings. The monoisotopic (exact) mass is 402 g/mol. The first-order chi connectivity index (χ1) is 13.5. The number of imide groups is 1. The van der Waals surface area contributed by atoms with Gasteiger partial charge in [0.05, 0.1) is 29.4 Å². The van der Waals surface area contributed by atoms with Crippen LogP contribution in [-0.2, 0) is 17.5 Å². The van der Waals surface area contributed by atoms with Gasteiger partial charge in [0.2, 0.25) is 0 Å². The lowest BCUT2D eigenvalue weighted by Gasteiger charge is -2.28. The SMILES string of the molecule is CC1(C)C(=O)N(c2ccc(C#N)c(C(F)(F)F)c2)C(=O)N1Cc1ccccc1N. The molecule has 2 aromatic carbocycles. The molecule has 0 spiro atoms. The Morgan fingerprint density at radius 1 is 1.14 bits per heavy atom. The Balaban J connectivity index is 2.04. The molecule has 150 valence electrons. The van der Waals surface area contributed by atoms with E-state index in [9.17, 15) is 22.8 Å². The third kappa shape index (κ3) is 3.38. The van der Waals surface area contributed by atoms with Crippen molar-refractivity contribution in [1.82, 2.24) is 4.90 Å². The second kappa shape index (κ2) is 6.81. The second-order valence-corrected chi connectivity index (χ2v) is 7.11. The van der Waals surface area contributed by atoms with E-state index in [0.29, 0.717) is 22.2 Å². The zero-order valence-electron chi connectivity index (χ0n) is 15.6. The number of amides is 3. The second-order valence-electron chi connectivity index (χ2n) is 7.11. The Bertz CT molecular complexity index is 1040. The highest BCUT2D eigenvalue weighted by atomic mass is 19.4. The average Bonchev–Trinajstić information content (AvgIpc) is 2.82. The normalized spacial score (nSPS) is 16.3. The van der Waals surface area contributed by atoms with E-state index in [1.165, 1.54) is 24.8 Å². The van der Waals surface area contributed by atoms with E-state index >= 15 is 0 Å². The number of hydrogen-bond acceptors (Lipinski definition) is 4. The lowest BCUT2D eigenvalue weighted by Crippen LogP contribution is -2.43. The summed E-state index contributed by atoms with van der Waals surface area (Å²) >= 11 is 0. The fourth-order valence-corrected chi connectivity index (χ4v) is 3.18. The molecule has 0 atom stereocenters. The Labute approximate surface area is 164 Å². The fraction of sp³-hybridized carbons (Fsp3) is 0.250. The minimum Gasteiger partial charge on any atom is -0.398 e. The van der Waals surface area contributed by atoms with Crippen molar-refractivity contribution in [3.63, 3.8) is 0 Å². The van der Waals surface area contributed by atoms with E-state index < -0.39 is 34.8 Å². The van der Waals surface area contributed by atoms with Gasteiger partial charge in [-0.25, -0.2) is 9.69 Å². The van der Waals surface area contributed by atoms with Gasteiger partial charge < -0.3 is 10.6 Å². The number of anilines is 2. The van der Waals surface area contributed by atoms with Crippen LogP contribution in [0.1, 0.15) is 30.5 Å². The summed E-state index contributed by atoms with van der Waals surface area (Å²) in [5.41, 5.74) is 3.62. The van der Waals surface area contributed by atoms with Crippen LogP contribution in [0.4, 0.5) is 29.3 Å². The van der Waals surface area contributed by atoms with Gasteiger partial charge in [0, 0.05) is 5.69 Å². The lowest BCUT2D eigenvalue weighted by molar-refractivity contribution is -0.137. The number of carbonyl (C=O) groups excluding carboxylic acids is 2. The van der Waals surface area contributed by atoms with Gasteiger partial charge in [0.15, 0.2) is 0 Å². The quantitative estimate of drug-likeness (QED) is 0.623. The summed E-state index contributed by atoms with van der Waals surface area (Å²) in [5, 5.41) is 8.94. The van der Waals surface area contributed by atoms with E-state index in [2.05, 4.69) is 0 Å². The number of para-hydroxylation sites is 1. The highest BCUT2D eigenvalue weighted by Crippen LogP contribution is 2.38. The summed E-state index contributed by atoms with van der Waals surface area (Å²) < 4.78 is 39.9. The topological polar surface area (TPSA) is 90.4 Å². The molecule has 2 aromatic rings. The van der Waals surface area contributed by atoms with Crippen molar-refractivity contribution < 1.29 is 22.8 Å². The molecule has 6 nitrogen and oxygen atoms in total. The number of alkyl halides is 3. The maximum Gasteiger partial charge on any atom is 0.417 e. The molecular weight excluding hydrogens is 385 g/mol. The number of rotatable bonds is 3. The van der Waals surface area contributed by atoms with Gasteiger partial charge in [0.1, 0.15) is 5.54 Å². The van der Waals surface area contributed by atoms with Gasteiger partial charge >= 0.3 is 12.2 Å². The first-order valence-corrected chi connectivity index (χ1v) is 8.59. The molecule has 0 unspecified atom stereocenters. The predicted molar refractivity (Wildman–Crippen MR) is 99.5 cm³/mol. The molecule has 0 aromatic heterocycles. The van der Waals surface area contributed by atoms with Crippen LogP contribution in [0.25, 0.3) is 0 Å². The molecule has 1 heterocycles. The zero-order valence-corrected chi connectivity index (χ0v) is 15.6. The Kier molecular flexibility index (Phi) is 4.74. The van der Waals surface area contributed by atoms with Crippen molar-refractivity contribution in [2.75, 3.05) is 10.6 Å². The number of nitrogen functional groups attached to an aromatic ring is 1. The highest BCUT2D eigenvalue weighted by molar-refractivity contribution is 6.23. The molecule has 0 saturated carbocycles. The van der Waals surface area contributed by atoms with Gasteiger partial charge in [-0.2, -0.15) is 18.4 Å². The van der Waals surface area contributed by atoms with Crippen molar-refractivity contribution in [2.24, 2.45) is 0 Å². The molecule has 29 heavy (non-hydrogen) atoms. The van der Waals surface area contributed by atoms with Crippen molar-refractivity contribution in [3.8, 4) is 6.07 Å². The molecular formula is C20H17F3N4O2. The molecule has 3 amide bonds. The Morgan fingerprint density at radius 3 is 2.38 bits per heavy atom. The summed E-state index contributed by atoms with van der Waals surface area (Å²) in [7, 11) is 0. The highest BCUT2D eigenvalue weighted by Gasteiger charge is 2.52. The van der Waals surface area contributed by atoms with Crippen LogP contribution in [0.5, 0.6) is 0 Å². The molecule has 1 aliphatic heterocycles. The van der Waals surface area contributed by atoms with Crippen LogP contribution < -0.4 is 10.6 Å². The predicted octanol–water partition coefficient (Wildman–Crippen LogP) is 3.91. The van der Waals surface area contributed by atoms with Gasteiger partial charge in [0.25, 0.3) is 5.91 Å². The standard InChI is InChI=1S/C20H17F3N4O2/c1-19(2)17(28)27(14-8-7-12(10-24)15(9-14)20(21,22)23)18(29)26(19)11-13-5-3-4-6-16(13)25/h3-9H,11,25H2,1-2H3. The smallest absolute Gasteiger partial charge is 0.398 e. The van der Waals surface area contributed by atoms with Gasteiger partial charge in [-0.1, -0.05) is 18.2 Å². The van der Waals surface area contributed by atoms with E-state index in [0.717, 1.165) is 12.1 Å². The molecule has 0 aliphatic carbocycles. The number of benzene rings is 2. The van der Waals surface area contributed by atoms with Crippen molar-refractivity contribution in [2.45, 2.75) is 32.1 Å². The van der Waals surface area contributed by atoms with Gasteiger partial charge in [-0.15, -0.1) is 0 Å². The lowest BCUT2D eigenvalue weighted by atomic mass is 10.0. The maximum absolute atomic E-state index is 13.3. The summed E-state index contributed by atoms with van der Waals surface area (Å²) in [5.74, 6) is -0.671. The van der Waals surface area contributed by atoms with Crippen LogP contribution >= 0.6 is 0 Å². The van der Waals surface area contributed by atoms with Crippen LogP contribution in [-0.4, -0.2) is 22.4 Å². The van der Waals surface area contributed by atoms with Crippen LogP contribution in [0.15, 0.2) is 42.5 Å². The summed E-state index contributed by atoms with van der Waals surface area (Å²) in [4.78, 5) is 27.9. The van der Waals surface area contributed by atoms with Crippen LogP contribution in [0, 0.1) is 11.3 Å². The number of nitrogens with zero attached hydrogens (tertiary/aromatic N) is 3. The molecule has 1 saturated heterocycles. The summed E-state index contributed by atoms with van der Waals surface area (Å²) in [6, 6.07) is 10.3. The molecule has 3 rings (SSSR count). The maximum atomic E-state index is 13.3. The third-order valence-electron chi connectivity index (χ3n) is 4.89. The zero-order chi connectivity index (χ0) is 21.6. The number of urea groups is 1. The Morgan fingerprint density at radius 2 is 1.79 bits per heavy atom. The van der Waals surface area contributed by atoms with Gasteiger partial charge in [-0.05, 0) is 43.7 Å². The van der Waals surface area contributed by atoms with Gasteiger partial charge in [-0.3, -0.25) is 4.79 Å². The van der Waals surface area contributed by atoms with Crippen molar-refractivity contribution >= 4 is 23.3 Å². The van der Waals surface area contributed by atoms with Crippen LogP contribution in [0.2, 0.25) is 0 Å². The first-order valence-electron chi connectivity index (χ1n) is 8.59. The number of nitrogens with two attached hydrogens (primary N) is 1. The number of nitriles is 1. The number of halogens is 3. The summed E-state index contributed by atoms with van der Waals surface area (Å²) in [6.07, 6.45) is -4.80. The van der Waals surface area contributed by atoms with E-state index in [4.69, 9.17) is 11.0 Å². The van der Waals surface area contributed by atoms with Crippen molar-refractivity contribution in [3.05, 3.63) is 59.2 Å². The molecule has 0 radical (unpaired) electrons. The molecule has 2 N–H and O–H groups in total. The Hall–Kier alpha value is -3.54. The first kappa shape index (κ1) is 20.2. The summed E-state index contributed by atoms with van der Waals surface area (Å²) in [6.45, 7) is 3.05. The fourth-order valence-electron chi connectivity index (χ4n) is 3.18. The molecule has 9 heteroatoms. The molecule has 0 bridgehead atoms. The van der Waals surface area contributed by atoms with E-state index in [1.807, 2.05) is 0 Å². The average molecular weight is 402 g/mol. The minimum absolute atomic E-state index is 0.0170. The van der Waals surface area contributed by atoms with E-state index in [1.54, 1.807) is 24.3 Å². The van der Waals surface area contributed by atoms with Crippen molar-refractivity contribution in [1.29, 1.82) is 5.26 Å². The molecule has 1 aliphatic rings. The minimum atomic E-state index is -4.80. The van der Waals surface area contributed by atoms with E-state index in [-0.39, 0.29) is 12.2 Å². The third-order valence-corrected chi connectivity index (χ3v) is 4.89. The van der Waals surface area contributed by atoms with Crippen LogP contribution in [0.3, 0.4) is 0 Å². The number of hydrogen-bond donors (Lipinski definition) is 1. The largest absolute Gasteiger partial charge is 0.417 e.